The van der Waals surface area contributed by atoms with Crippen LogP contribution in [0.4, 0.5) is 5.82 Å². The van der Waals surface area contributed by atoms with Crippen molar-refractivity contribution in [3.63, 3.8) is 0 Å². The maximum absolute atomic E-state index is 5.69. The van der Waals surface area contributed by atoms with Gasteiger partial charge in [-0.05, 0) is 13.3 Å². The van der Waals surface area contributed by atoms with E-state index in [2.05, 4.69) is 49.9 Å². The molecule has 3 aromatic rings. The average molecular weight is 363 g/mol. The number of aromatic nitrogens is 3. The molecule has 1 fully saturated rings. The number of rotatable bonds is 5. The fraction of sp³-hybridized carbons (Fsp3) is 0.381. The molecule has 0 saturated carbocycles. The van der Waals surface area contributed by atoms with Gasteiger partial charge in [-0.3, -0.25) is 4.90 Å². The highest BCUT2D eigenvalue weighted by molar-refractivity contribution is 5.57. The predicted molar refractivity (Wildman–Crippen MR) is 106 cm³/mol. The number of aryl methyl sites for hydroxylation is 2. The highest BCUT2D eigenvalue weighted by Gasteiger charge is 2.20. The molecular weight excluding hydrogens is 338 g/mol. The van der Waals surface area contributed by atoms with Gasteiger partial charge in [-0.1, -0.05) is 37.3 Å². The normalized spacial score (nSPS) is 15.3. The van der Waals surface area contributed by atoms with Gasteiger partial charge in [0, 0.05) is 43.5 Å². The Bertz CT molecular complexity index is 885. The molecule has 0 spiro atoms. The van der Waals surface area contributed by atoms with E-state index in [0.717, 1.165) is 73.6 Å². The van der Waals surface area contributed by atoms with Crippen LogP contribution in [0.1, 0.15) is 24.3 Å². The monoisotopic (exact) mass is 363 g/mol. The van der Waals surface area contributed by atoms with Crippen LogP contribution in [0.25, 0.3) is 11.3 Å². The molecule has 27 heavy (non-hydrogen) atoms. The van der Waals surface area contributed by atoms with Crippen LogP contribution in [0, 0.1) is 6.92 Å². The first-order valence-corrected chi connectivity index (χ1v) is 9.53. The second-order valence-corrected chi connectivity index (χ2v) is 6.87. The summed E-state index contributed by atoms with van der Waals surface area (Å²) in [5.74, 6) is 2.66. The summed E-state index contributed by atoms with van der Waals surface area (Å²) < 4.78 is 5.69. The van der Waals surface area contributed by atoms with Crippen LogP contribution < -0.4 is 4.90 Å². The number of oxazole rings is 1. The van der Waals surface area contributed by atoms with Crippen LogP contribution in [-0.4, -0.2) is 46.0 Å². The van der Waals surface area contributed by atoms with Gasteiger partial charge in [-0.25, -0.2) is 15.0 Å². The van der Waals surface area contributed by atoms with Crippen molar-refractivity contribution in [3.8, 4) is 11.3 Å². The van der Waals surface area contributed by atoms with Gasteiger partial charge in [0.05, 0.1) is 6.54 Å². The van der Waals surface area contributed by atoms with E-state index >= 15 is 0 Å². The highest BCUT2D eigenvalue weighted by atomic mass is 16.3. The minimum Gasteiger partial charge on any atom is -0.447 e. The Balaban J connectivity index is 1.36. The second-order valence-electron chi connectivity index (χ2n) is 6.87. The molecule has 140 valence electrons. The lowest BCUT2D eigenvalue weighted by atomic mass is 10.2. The molecule has 1 aliphatic rings. The van der Waals surface area contributed by atoms with E-state index in [1.54, 1.807) is 6.26 Å². The van der Waals surface area contributed by atoms with Crippen LogP contribution in [0.15, 0.2) is 47.1 Å². The first-order valence-electron chi connectivity index (χ1n) is 9.53. The number of hydrogen-bond acceptors (Lipinski definition) is 6. The summed E-state index contributed by atoms with van der Waals surface area (Å²) in [6.07, 6.45) is 2.68. The fourth-order valence-electron chi connectivity index (χ4n) is 3.41. The summed E-state index contributed by atoms with van der Waals surface area (Å²) in [7, 11) is 0. The third kappa shape index (κ3) is 4.17. The zero-order valence-corrected chi connectivity index (χ0v) is 15.9. The van der Waals surface area contributed by atoms with E-state index < -0.39 is 0 Å². The molecule has 4 rings (SSSR count). The first-order chi connectivity index (χ1) is 13.2. The lowest BCUT2D eigenvalue weighted by Gasteiger charge is -2.34. The summed E-state index contributed by atoms with van der Waals surface area (Å²) >= 11 is 0. The molecule has 2 aromatic heterocycles. The molecule has 1 aliphatic heterocycles. The first kappa shape index (κ1) is 17.7. The summed E-state index contributed by atoms with van der Waals surface area (Å²) in [5.41, 5.74) is 3.09. The van der Waals surface area contributed by atoms with Crippen molar-refractivity contribution < 1.29 is 4.42 Å². The van der Waals surface area contributed by atoms with Gasteiger partial charge >= 0.3 is 0 Å². The van der Waals surface area contributed by atoms with E-state index in [4.69, 9.17) is 4.42 Å². The fourth-order valence-corrected chi connectivity index (χ4v) is 3.41. The summed E-state index contributed by atoms with van der Waals surface area (Å²) in [6.45, 7) is 8.66. The van der Waals surface area contributed by atoms with Crippen molar-refractivity contribution >= 4 is 5.82 Å². The van der Waals surface area contributed by atoms with Gasteiger partial charge in [-0.15, -0.1) is 0 Å². The topological polar surface area (TPSA) is 58.3 Å². The minimum atomic E-state index is 0.740. The van der Waals surface area contributed by atoms with Crippen LogP contribution in [0.2, 0.25) is 0 Å². The zero-order chi connectivity index (χ0) is 18.6. The van der Waals surface area contributed by atoms with Crippen molar-refractivity contribution in [1.82, 2.24) is 19.9 Å². The average Bonchev–Trinajstić information content (AvgIpc) is 3.17. The number of hydrogen-bond donors (Lipinski definition) is 0. The molecule has 0 atom stereocenters. The molecule has 0 bridgehead atoms. The second kappa shape index (κ2) is 7.88. The Labute approximate surface area is 159 Å². The Kier molecular flexibility index (Phi) is 5.16. The quantitative estimate of drug-likeness (QED) is 0.693. The van der Waals surface area contributed by atoms with E-state index in [9.17, 15) is 0 Å². The van der Waals surface area contributed by atoms with Crippen molar-refractivity contribution in [2.24, 2.45) is 0 Å². The minimum absolute atomic E-state index is 0.740. The van der Waals surface area contributed by atoms with Crippen molar-refractivity contribution in [2.75, 3.05) is 31.1 Å². The van der Waals surface area contributed by atoms with Crippen molar-refractivity contribution in [1.29, 1.82) is 0 Å². The third-order valence-electron chi connectivity index (χ3n) is 4.92. The van der Waals surface area contributed by atoms with Crippen molar-refractivity contribution in [3.05, 3.63) is 60.1 Å². The van der Waals surface area contributed by atoms with Gasteiger partial charge in [0.25, 0.3) is 0 Å². The number of benzene rings is 1. The molecule has 6 nitrogen and oxygen atoms in total. The van der Waals surface area contributed by atoms with E-state index in [1.165, 1.54) is 0 Å². The number of anilines is 1. The number of nitrogens with zero attached hydrogens (tertiary/aromatic N) is 5. The molecule has 0 unspecified atom stereocenters. The van der Waals surface area contributed by atoms with Gasteiger partial charge < -0.3 is 9.32 Å². The molecule has 0 aliphatic carbocycles. The maximum atomic E-state index is 5.69. The lowest BCUT2D eigenvalue weighted by molar-refractivity contribution is 0.225. The lowest BCUT2D eigenvalue weighted by Crippen LogP contribution is -2.46. The standard InChI is InChI=1S/C21H25N5O/c1-3-18-13-20(23-16(2)22-18)26-11-9-25(10-12-26)14-21-24-19(15-27-21)17-7-5-4-6-8-17/h4-8,13,15H,3,9-12,14H2,1-2H3. The summed E-state index contributed by atoms with van der Waals surface area (Å²) in [6, 6.07) is 12.3. The van der Waals surface area contributed by atoms with Crippen molar-refractivity contribution in [2.45, 2.75) is 26.8 Å². The molecule has 0 N–H and O–H groups in total. The van der Waals surface area contributed by atoms with Crippen LogP contribution >= 0.6 is 0 Å². The molecule has 3 heterocycles. The summed E-state index contributed by atoms with van der Waals surface area (Å²) in [4.78, 5) is 18.5. The Hall–Kier alpha value is -2.73. The predicted octanol–water partition coefficient (Wildman–Crippen LogP) is 3.32. The molecule has 0 amide bonds. The maximum Gasteiger partial charge on any atom is 0.208 e. The van der Waals surface area contributed by atoms with Gasteiger partial charge in [-0.2, -0.15) is 0 Å². The molecule has 1 aromatic carbocycles. The van der Waals surface area contributed by atoms with Gasteiger partial charge in [0.1, 0.15) is 23.6 Å². The van der Waals surface area contributed by atoms with E-state index in [-0.39, 0.29) is 0 Å². The number of piperazine rings is 1. The smallest absolute Gasteiger partial charge is 0.208 e. The molecular formula is C21H25N5O. The Morgan fingerprint density at radius 3 is 2.52 bits per heavy atom. The third-order valence-corrected chi connectivity index (χ3v) is 4.92. The summed E-state index contributed by atoms with van der Waals surface area (Å²) in [5, 5.41) is 0. The van der Waals surface area contributed by atoms with E-state index in [1.807, 2.05) is 25.1 Å². The zero-order valence-electron chi connectivity index (χ0n) is 15.9. The molecule has 0 radical (unpaired) electrons. The van der Waals surface area contributed by atoms with Gasteiger partial charge in [0.15, 0.2) is 0 Å². The van der Waals surface area contributed by atoms with E-state index in [0.29, 0.717) is 0 Å². The Morgan fingerprint density at radius 1 is 1.00 bits per heavy atom. The highest BCUT2D eigenvalue weighted by Crippen LogP contribution is 2.20. The largest absolute Gasteiger partial charge is 0.447 e. The SMILES string of the molecule is CCc1cc(N2CCN(Cc3nc(-c4ccccc4)co3)CC2)nc(C)n1. The van der Waals surface area contributed by atoms with Gasteiger partial charge in [0.2, 0.25) is 5.89 Å². The Morgan fingerprint density at radius 2 is 1.78 bits per heavy atom. The molecule has 6 heteroatoms. The van der Waals surface area contributed by atoms with Crippen LogP contribution in [-0.2, 0) is 13.0 Å². The van der Waals surface area contributed by atoms with Crippen LogP contribution in [0.5, 0.6) is 0 Å². The van der Waals surface area contributed by atoms with Crippen LogP contribution in [0.3, 0.4) is 0 Å². The molecule has 1 saturated heterocycles.